The summed E-state index contributed by atoms with van der Waals surface area (Å²) < 4.78 is 32.8. The van der Waals surface area contributed by atoms with Crippen LogP contribution in [0.4, 0.5) is 6.01 Å². The van der Waals surface area contributed by atoms with Gasteiger partial charge in [-0.15, -0.1) is 0 Å². The van der Waals surface area contributed by atoms with E-state index >= 15 is 0 Å². The highest BCUT2D eigenvalue weighted by atomic mass is 32.2. The molecule has 0 unspecified atom stereocenters. The van der Waals surface area contributed by atoms with Gasteiger partial charge in [0.05, 0.1) is 4.90 Å². The van der Waals surface area contributed by atoms with Gasteiger partial charge in [0.15, 0.2) is 5.58 Å². The van der Waals surface area contributed by atoms with Crippen molar-refractivity contribution in [3.05, 3.63) is 54.1 Å². The molecule has 26 heavy (non-hydrogen) atoms. The van der Waals surface area contributed by atoms with Crippen LogP contribution in [0.2, 0.25) is 0 Å². The third-order valence-electron chi connectivity index (χ3n) is 4.73. The number of benzene rings is 2. The van der Waals surface area contributed by atoms with Crippen LogP contribution in [0.25, 0.3) is 11.1 Å². The van der Waals surface area contributed by atoms with E-state index in [0.717, 1.165) is 16.7 Å². The molecule has 1 N–H and O–H groups in total. The van der Waals surface area contributed by atoms with Gasteiger partial charge in [-0.3, -0.25) is 0 Å². The Morgan fingerprint density at radius 2 is 1.77 bits per heavy atom. The molecule has 1 aromatic heterocycles. The van der Waals surface area contributed by atoms with Gasteiger partial charge in [-0.1, -0.05) is 29.8 Å². The van der Waals surface area contributed by atoms with E-state index in [0.29, 0.717) is 36.8 Å². The molecule has 136 valence electrons. The van der Waals surface area contributed by atoms with Crippen LogP contribution in [-0.4, -0.2) is 36.8 Å². The first-order valence-corrected chi connectivity index (χ1v) is 10.2. The van der Waals surface area contributed by atoms with Crippen molar-refractivity contribution in [2.45, 2.75) is 30.7 Å². The number of hydrogen-bond acceptors (Lipinski definition) is 5. The zero-order valence-electron chi connectivity index (χ0n) is 14.6. The second kappa shape index (κ2) is 6.74. The van der Waals surface area contributed by atoms with E-state index in [-0.39, 0.29) is 6.04 Å². The Morgan fingerprint density at radius 1 is 1.08 bits per heavy atom. The zero-order valence-corrected chi connectivity index (χ0v) is 15.4. The van der Waals surface area contributed by atoms with Gasteiger partial charge in [-0.25, -0.2) is 8.42 Å². The molecule has 1 aliphatic heterocycles. The molecule has 0 atom stereocenters. The summed E-state index contributed by atoms with van der Waals surface area (Å²) in [6.45, 7) is 2.90. The van der Waals surface area contributed by atoms with E-state index in [9.17, 15) is 8.42 Å². The fourth-order valence-electron chi connectivity index (χ4n) is 3.21. The first kappa shape index (κ1) is 17.1. The van der Waals surface area contributed by atoms with E-state index < -0.39 is 10.0 Å². The Bertz CT molecular complexity index is 971. The number of aryl methyl sites for hydroxylation is 1. The lowest BCUT2D eigenvalue weighted by atomic mass is 10.1. The predicted octanol–water partition coefficient (Wildman–Crippen LogP) is 3.40. The van der Waals surface area contributed by atoms with Crippen LogP contribution in [0, 0.1) is 6.92 Å². The topological polar surface area (TPSA) is 75.4 Å². The van der Waals surface area contributed by atoms with Gasteiger partial charge in [0.2, 0.25) is 10.0 Å². The van der Waals surface area contributed by atoms with E-state index in [1.807, 2.05) is 43.3 Å². The SMILES string of the molecule is Cc1ccc(S(=O)(=O)N2CCC(Nc3nc4ccccc4o3)CC2)cc1. The second-order valence-electron chi connectivity index (χ2n) is 6.62. The lowest BCUT2D eigenvalue weighted by Gasteiger charge is -2.31. The molecule has 7 heteroatoms. The summed E-state index contributed by atoms with van der Waals surface area (Å²) in [6.07, 6.45) is 1.42. The number of sulfonamides is 1. The maximum Gasteiger partial charge on any atom is 0.295 e. The fourth-order valence-corrected chi connectivity index (χ4v) is 4.68. The summed E-state index contributed by atoms with van der Waals surface area (Å²) in [5.74, 6) is 0. The monoisotopic (exact) mass is 371 g/mol. The Kier molecular flexibility index (Phi) is 4.42. The second-order valence-corrected chi connectivity index (χ2v) is 8.56. The third-order valence-corrected chi connectivity index (χ3v) is 6.65. The summed E-state index contributed by atoms with van der Waals surface area (Å²) in [5, 5.41) is 3.29. The van der Waals surface area contributed by atoms with E-state index in [2.05, 4.69) is 10.3 Å². The first-order valence-electron chi connectivity index (χ1n) is 8.71. The lowest BCUT2D eigenvalue weighted by molar-refractivity contribution is 0.327. The predicted molar refractivity (Wildman–Crippen MR) is 101 cm³/mol. The van der Waals surface area contributed by atoms with Gasteiger partial charge in [-0.05, 0) is 44.0 Å². The molecule has 0 saturated carbocycles. The quantitative estimate of drug-likeness (QED) is 0.761. The lowest BCUT2D eigenvalue weighted by Crippen LogP contribution is -2.42. The molecular weight excluding hydrogens is 350 g/mol. The van der Waals surface area contributed by atoms with E-state index in [4.69, 9.17) is 4.42 Å². The molecule has 1 aliphatic rings. The van der Waals surface area contributed by atoms with Crippen molar-refractivity contribution < 1.29 is 12.8 Å². The smallest absolute Gasteiger partial charge is 0.295 e. The van der Waals surface area contributed by atoms with Gasteiger partial charge in [0.25, 0.3) is 6.01 Å². The van der Waals surface area contributed by atoms with Crippen LogP contribution in [0.5, 0.6) is 0 Å². The number of hydrogen-bond donors (Lipinski definition) is 1. The van der Waals surface area contributed by atoms with Gasteiger partial charge >= 0.3 is 0 Å². The van der Waals surface area contributed by atoms with Crippen LogP contribution in [0.3, 0.4) is 0 Å². The molecule has 2 aromatic carbocycles. The minimum absolute atomic E-state index is 0.146. The molecule has 4 rings (SSSR count). The van der Waals surface area contributed by atoms with Crippen molar-refractivity contribution in [2.75, 3.05) is 18.4 Å². The van der Waals surface area contributed by atoms with Gasteiger partial charge in [-0.2, -0.15) is 9.29 Å². The number of nitrogens with zero attached hydrogens (tertiary/aromatic N) is 2. The number of para-hydroxylation sites is 2. The summed E-state index contributed by atoms with van der Waals surface area (Å²) in [6, 6.07) is 15.3. The Hall–Kier alpha value is -2.38. The van der Waals surface area contributed by atoms with Gasteiger partial charge < -0.3 is 9.73 Å². The average Bonchev–Trinajstić information content (AvgIpc) is 3.05. The number of anilines is 1. The number of aromatic nitrogens is 1. The Labute approximate surface area is 152 Å². The van der Waals surface area contributed by atoms with E-state index in [1.165, 1.54) is 0 Å². The van der Waals surface area contributed by atoms with Crippen molar-refractivity contribution in [2.24, 2.45) is 0 Å². The van der Waals surface area contributed by atoms with E-state index in [1.54, 1.807) is 16.4 Å². The number of piperidine rings is 1. The molecule has 0 radical (unpaired) electrons. The maximum absolute atomic E-state index is 12.8. The molecule has 0 spiro atoms. The molecule has 0 amide bonds. The largest absolute Gasteiger partial charge is 0.424 e. The molecule has 1 saturated heterocycles. The molecule has 0 bridgehead atoms. The fraction of sp³-hybridized carbons (Fsp3) is 0.316. The van der Waals surface area contributed by atoms with Gasteiger partial charge in [0.1, 0.15) is 5.52 Å². The highest BCUT2D eigenvalue weighted by molar-refractivity contribution is 7.89. The summed E-state index contributed by atoms with van der Waals surface area (Å²) in [5.41, 5.74) is 2.61. The summed E-state index contributed by atoms with van der Waals surface area (Å²) in [4.78, 5) is 4.78. The molecule has 0 aliphatic carbocycles. The number of oxazole rings is 1. The van der Waals surface area contributed by atoms with Gasteiger partial charge in [0, 0.05) is 19.1 Å². The van der Waals surface area contributed by atoms with Crippen molar-refractivity contribution in [1.29, 1.82) is 0 Å². The van der Waals surface area contributed by atoms with Crippen LogP contribution >= 0.6 is 0 Å². The molecule has 1 fully saturated rings. The highest BCUT2D eigenvalue weighted by Crippen LogP contribution is 2.24. The maximum atomic E-state index is 12.8. The number of rotatable bonds is 4. The molecule has 6 nitrogen and oxygen atoms in total. The summed E-state index contributed by atoms with van der Waals surface area (Å²) >= 11 is 0. The standard InChI is InChI=1S/C19H21N3O3S/c1-14-6-8-16(9-7-14)26(23,24)22-12-10-15(11-13-22)20-19-21-17-4-2-3-5-18(17)25-19/h2-9,15H,10-13H2,1H3,(H,20,21). The van der Waals surface area contributed by atoms with Crippen molar-refractivity contribution in [3.63, 3.8) is 0 Å². The first-order chi connectivity index (χ1) is 12.5. The highest BCUT2D eigenvalue weighted by Gasteiger charge is 2.29. The summed E-state index contributed by atoms with van der Waals surface area (Å²) in [7, 11) is -3.43. The number of nitrogens with one attached hydrogen (secondary N) is 1. The Morgan fingerprint density at radius 3 is 2.46 bits per heavy atom. The molecule has 3 aromatic rings. The third kappa shape index (κ3) is 3.32. The van der Waals surface area contributed by atoms with Crippen LogP contribution in [0.1, 0.15) is 18.4 Å². The zero-order chi connectivity index (χ0) is 18.1. The number of fused-ring (bicyclic) bond motifs is 1. The average molecular weight is 371 g/mol. The van der Waals surface area contributed by atoms with Crippen LogP contribution < -0.4 is 5.32 Å². The van der Waals surface area contributed by atoms with Crippen LogP contribution in [-0.2, 0) is 10.0 Å². The van der Waals surface area contributed by atoms with Crippen molar-refractivity contribution >= 4 is 27.1 Å². The minimum atomic E-state index is -3.43. The van der Waals surface area contributed by atoms with Crippen molar-refractivity contribution in [1.82, 2.24) is 9.29 Å². The Balaban J connectivity index is 1.41. The normalized spacial score (nSPS) is 16.8. The molecular formula is C19H21N3O3S. The minimum Gasteiger partial charge on any atom is -0.424 e. The van der Waals surface area contributed by atoms with Crippen LogP contribution in [0.15, 0.2) is 57.8 Å². The van der Waals surface area contributed by atoms with Crippen molar-refractivity contribution in [3.8, 4) is 0 Å². The molecule has 2 heterocycles.